The van der Waals surface area contributed by atoms with Crippen molar-refractivity contribution in [1.29, 1.82) is 5.26 Å². The lowest BCUT2D eigenvalue weighted by Gasteiger charge is -2.10. The molecule has 3 nitrogen and oxygen atoms in total. The third-order valence-electron chi connectivity index (χ3n) is 4.70. The predicted molar refractivity (Wildman–Crippen MR) is 83.8 cm³/mol. The third kappa shape index (κ3) is 2.35. The molecule has 2 aromatic rings. The fourth-order valence-corrected chi connectivity index (χ4v) is 3.16. The van der Waals surface area contributed by atoms with Crippen LogP contribution in [-0.4, -0.2) is 9.78 Å². The molecule has 1 aliphatic carbocycles. The molecular formula is C18H21N3. The normalized spacial score (nSPS) is 24.1. The summed E-state index contributed by atoms with van der Waals surface area (Å²) in [6, 6.07) is 12.4. The van der Waals surface area contributed by atoms with Crippen molar-refractivity contribution in [2.45, 2.75) is 39.7 Å². The van der Waals surface area contributed by atoms with Gasteiger partial charge in [0.1, 0.15) is 0 Å². The van der Waals surface area contributed by atoms with E-state index in [1.807, 2.05) is 24.3 Å². The molecule has 21 heavy (non-hydrogen) atoms. The van der Waals surface area contributed by atoms with E-state index in [9.17, 15) is 0 Å². The minimum atomic E-state index is 0.355. The smallest absolute Gasteiger partial charge is 0.0991 e. The molecule has 0 amide bonds. The van der Waals surface area contributed by atoms with Crippen molar-refractivity contribution in [2.75, 3.05) is 0 Å². The first-order valence-corrected chi connectivity index (χ1v) is 7.63. The Labute approximate surface area is 126 Å². The second-order valence-electron chi connectivity index (χ2n) is 6.43. The summed E-state index contributed by atoms with van der Waals surface area (Å²) < 4.78 is 2.15. The van der Waals surface area contributed by atoms with Crippen molar-refractivity contribution in [1.82, 2.24) is 9.78 Å². The highest BCUT2D eigenvalue weighted by Crippen LogP contribution is 2.54. The maximum Gasteiger partial charge on any atom is 0.0991 e. The van der Waals surface area contributed by atoms with Gasteiger partial charge in [0.2, 0.25) is 0 Å². The van der Waals surface area contributed by atoms with Crippen LogP contribution in [0.15, 0.2) is 30.3 Å². The zero-order valence-corrected chi connectivity index (χ0v) is 13.0. The van der Waals surface area contributed by atoms with Gasteiger partial charge in [-0.05, 0) is 43.9 Å². The van der Waals surface area contributed by atoms with E-state index in [0.29, 0.717) is 17.5 Å². The van der Waals surface area contributed by atoms with Gasteiger partial charge in [0.15, 0.2) is 0 Å². The maximum absolute atomic E-state index is 9.05. The van der Waals surface area contributed by atoms with Gasteiger partial charge in [-0.15, -0.1) is 0 Å². The van der Waals surface area contributed by atoms with Crippen LogP contribution in [0.4, 0.5) is 0 Å². The molecule has 0 radical (unpaired) electrons. The quantitative estimate of drug-likeness (QED) is 0.837. The first kappa shape index (κ1) is 13.9. The van der Waals surface area contributed by atoms with Gasteiger partial charge in [-0.1, -0.05) is 26.0 Å². The Kier molecular flexibility index (Phi) is 3.33. The minimum Gasteiger partial charge on any atom is -0.266 e. The summed E-state index contributed by atoms with van der Waals surface area (Å²) >= 11 is 0. The molecule has 1 aromatic carbocycles. The molecule has 1 aromatic heterocycles. The number of aromatic nitrogens is 2. The van der Waals surface area contributed by atoms with E-state index in [-0.39, 0.29) is 0 Å². The standard InChI is InChI=1S/C18H21N3/c1-11(2)21-17(18-12(3)13(18)4)9-16(20-21)15-7-5-6-14(8-15)10-19/h5-9,11-13,18H,1-4H3. The molecule has 2 atom stereocenters. The summed E-state index contributed by atoms with van der Waals surface area (Å²) in [6.07, 6.45) is 0. The topological polar surface area (TPSA) is 41.6 Å². The monoisotopic (exact) mass is 279 g/mol. The Morgan fingerprint density at radius 3 is 2.48 bits per heavy atom. The van der Waals surface area contributed by atoms with Crippen LogP contribution in [0.2, 0.25) is 0 Å². The highest BCUT2D eigenvalue weighted by Gasteiger charge is 2.46. The molecular weight excluding hydrogens is 258 g/mol. The summed E-state index contributed by atoms with van der Waals surface area (Å²) in [4.78, 5) is 0. The van der Waals surface area contributed by atoms with Gasteiger partial charge in [0.25, 0.3) is 0 Å². The number of hydrogen-bond donors (Lipinski definition) is 0. The Morgan fingerprint density at radius 2 is 1.90 bits per heavy atom. The van der Waals surface area contributed by atoms with Gasteiger partial charge < -0.3 is 0 Å². The van der Waals surface area contributed by atoms with Gasteiger partial charge in [0.05, 0.1) is 17.3 Å². The van der Waals surface area contributed by atoms with Crippen LogP contribution in [0, 0.1) is 23.2 Å². The van der Waals surface area contributed by atoms with Gasteiger partial charge in [-0.3, -0.25) is 4.68 Å². The molecule has 1 heterocycles. The zero-order valence-electron chi connectivity index (χ0n) is 13.0. The number of hydrogen-bond acceptors (Lipinski definition) is 2. The second kappa shape index (κ2) is 5.04. The molecule has 3 heteroatoms. The van der Waals surface area contributed by atoms with Crippen LogP contribution in [-0.2, 0) is 0 Å². The average molecular weight is 279 g/mol. The van der Waals surface area contributed by atoms with Gasteiger partial charge in [-0.25, -0.2) is 0 Å². The molecule has 0 bridgehead atoms. The maximum atomic E-state index is 9.05. The van der Waals surface area contributed by atoms with E-state index in [1.54, 1.807) is 0 Å². The molecule has 1 fully saturated rings. The molecule has 1 aliphatic rings. The molecule has 108 valence electrons. The fraction of sp³-hybridized carbons (Fsp3) is 0.444. The van der Waals surface area contributed by atoms with Crippen molar-refractivity contribution in [3.8, 4) is 17.3 Å². The van der Waals surface area contributed by atoms with Crippen molar-refractivity contribution < 1.29 is 0 Å². The fourth-order valence-electron chi connectivity index (χ4n) is 3.16. The van der Waals surface area contributed by atoms with Crippen LogP contribution in [0.3, 0.4) is 0 Å². The van der Waals surface area contributed by atoms with E-state index in [2.05, 4.69) is 44.5 Å². The molecule has 1 saturated carbocycles. The molecule has 0 N–H and O–H groups in total. The lowest BCUT2D eigenvalue weighted by molar-refractivity contribution is 0.506. The van der Waals surface area contributed by atoms with Gasteiger partial charge >= 0.3 is 0 Å². The third-order valence-corrected chi connectivity index (χ3v) is 4.70. The van der Waals surface area contributed by atoms with Crippen LogP contribution >= 0.6 is 0 Å². The average Bonchev–Trinajstić information content (AvgIpc) is 2.91. The van der Waals surface area contributed by atoms with E-state index in [1.165, 1.54) is 5.69 Å². The van der Waals surface area contributed by atoms with E-state index in [4.69, 9.17) is 10.4 Å². The number of nitrogens with zero attached hydrogens (tertiary/aromatic N) is 3. The zero-order chi connectivity index (χ0) is 15.1. The molecule has 0 spiro atoms. The first-order valence-electron chi connectivity index (χ1n) is 7.63. The van der Waals surface area contributed by atoms with Crippen molar-refractivity contribution >= 4 is 0 Å². The van der Waals surface area contributed by atoms with E-state index >= 15 is 0 Å². The van der Waals surface area contributed by atoms with Crippen LogP contribution in [0.5, 0.6) is 0 Å². The first-order chi connectivity index (χ1) is 10.0. The molecule has 3 rings (SSSR count). The van der Waals surface area contributed by atoms with Crippen molar-refractivity contribution in [3.63, 3.8) is 0 Å². The Bertz CT molecular complexity index is 697. The number of rotatable bonds is 3. The Balaban J connectivity index is 2.04. The summed E-state index contributed by atoms with van der Waals surface area (Å²) in [7, 11) is 0. The highest BCUT2D eigenvalue weighted by atomic mass is 15.3. The SMILES string of the molecule is CC1C(C)C1c1cc(-c2cccc(C#N)c2)nn1C(C)C. The Hall–Kier alpha value is -2.08. The Morgan fingerprint density at radius 1 is 1.19 bits per heavy atom. The largest absolute Gasteiger partial charge is 0.266 e. The lowest BCUT2D eigenvalue weighted by atomic mass is 10.1. The van der Waals surface area contributed by atoms with E-state index < -0.39 is 0 Å². The number of benzene rings is 1. The molecule has 0 saturated heterocycles. The van der Waals surface area contributed by atoms with Gasteiger partial charge in [-0.2, -0.15) is 10.4 Å². The summed E-state index contributed by atoms with van der Waals surface area (Å²) in [5, 5.41) is 13.8. The summed E-state index contributed by atoms with van der Waals surface area (Å²) in [5.41, 5.74) is 4.02. The highest BCUT2D eigenvalue weighted by molar-refractivity contribution is 5.62. The van der Waals surface area contributed by atoms with Crippen LogP contribution < -0.4 is 0 Å². The van der Waals surface area contributed by atoms with Crippen LogP contribution in [0.25, 0.3) is 11.3 Å². The van der Waals surface area contributed by atoms with Gasteiger partial charge in [0, 0.05) is 23.2 Å². The van der Waals surface area contributed by atoms with Crippen molar-refractivity contribution in [2.24, 2.45) is 11.8 Å². The number of nitriles is 1. The van der Waals surface area contributed by atoms with Crippen molar-refractivity contribution in [3.05, 3.63) is 41.6 Å². The van der Waals surface area contributed by atoms with Crippen LogP contribution in [0.1, 0.15) is 50.9 Å². The lowest BCUT2D eigenvalue weighted by Crippen LogP contribution is -2.07. The minimum absolute atomic E-state index is 0.355. The summed E-state index contributed by atoms with van der Waals surface area (Å²) in [5.74, 6) is 2.09. The summed E-state index contributed by atoms with van der Waals surface area (Å²) in [6.45, 7) is 8.96. The van der Waals surface area contributed by atoms with E-state index in [0.717, 1.165) is 23.1 Å². The predicted octanol–water partition coefficient (Wildman–Crippen LogP) is 4.37. The second-order valence-corrected chi connectivity index (χ2v) is 6.43. The molecule has 0 aliphatic heterocycles. The molecule has 2 unspecified atom stereocenters.